The molecule has 2 aromatic carbocycles. The van der Waals surface area contributed by atoms with Gasteiger partial charge in [0.15, 0.2) is 0 Å². The number of rotatable bonds is 16. The van der Waals surface area contributed by atoms with E-state index in [-0.39, 0.29) is 13.0 Å². The van der Waals surface area contributed by atoms with E-state index in [4.69, 9.17) is 25.3 Å². The number of hydrogen-bond donors (Lipinski definition) is 4. The normalized spacial score (nSPS) is 22.4. The van der Waals surface area contributed by atoms with E-state index in [1.807, 2.05) is 35.6 Å². The van der Waals surface area contributed by atoms with Crippen molar-refractivity contribution in [2.75, 3.05) is 26.2 Å². The summed E-state index contributed by atoms with van der Waals surface area (Å²) in [5.74, 6) is -0.885. The summed E-state index contributed by atoms with van der Waals surface area (Å²) < 4.78 is 127. The molecule has 166 valence electrons. The smallest absolute Gasteiger partial charge is 0.121 e. The Balaban J connectivity index is 2.23. The van der Waals surface area contributed by atoms with Crippen molar-refractivity contribution in [3.8, 4) is 5.75 Å². The minimum absolute atomic E-state index is 0.235. The highest BCUT2D eigenvalue weighted by atomic mass is 16.5. The predicted molar refractivity (Wildman–Crippen MR) is 121 cm³/mol. The summed E-state index contributed by atoms with van der Waals surface area (Å²) >= 11 is 0. The van der Waals surface area contributed by atoms with Gasteiger partial charge < -0.3 is 25.4 Å². The van der Waals surface area contributed by atoms with E-state index in [0.717, 1.165) is 5.56 Å². The van der Waals surface area contributed by atoms with Gasteiger partial charge in [0, 0.05) is 39.0 Å². The SMILES string of the molecule is [2H]c1c([2H])c(C(O)CNC([2H])([2H])C([2H])([2H])C([2H])([2H])C([2H])([2H])C([2H])([2H])C([2H])([2H])OCCCCc2ccccc2)c([2H])c(CO)c1O. The molecule has 0 bridgehead atoms. The van der Waals surface area contributed by atoms with Crippen molar-refractivity contribution >= 4 is 0 Å². The van der Waals surface area contributed by atoms with Gasteiger partial charge in [0.05, 0.1) is 19.6 Å². The lowest BCUT2D eigenvalue weighted by Gasteiger charge is -2.14. The van der Waals surface area contributed by atoms with Gasteiger partial charge in [-0.2, -0.15) is 0 Å². The van der Waals surface area contributed by atoms with Crippen LogP contribution in [-0.4, -0.2) is 41.5 Å². The summed E-state index contributed by atoms with van der Waals surface area (Å²) in [5.41, 5.74) is -0.158. The third-order valence-electron chi connectivity index (χ3n) is 3.94. The lowest BCUT2D eigenvalue weighted by atomic mass is 10.1. The topological polar surface area (TPSA) is 82.0 Å². The van der Waals surface area contributed by atoms with Crippen LogP contribution in [0.1, 0.15) is 81.7 Å². The molecule has 0 amide bonds. The van der Waals surface area contributed by atoms with Crippen molar-refractivity contribution < 1.29 is 40.6 Å². The van der Waals surface area contributed by atoms with Crippen LogP contribution in [0.15, 0.2) is 48.5 Å². The van der Waals surface area contributed by atoms with E-state index in [1.165, 1.54) is 0 Å². The van der Waals surface area contributed by atoms with Crippen LogP contribution in [-0.2, 0) is 17.8 Å². The zero-order valence-corrected chi connectivity index (χ0v) is 16.5. The Morgan fingerprint density at radius 3 is 2.67 bits per heavy atom. The van der Waals surface area contributed by atoms with Gasteiger partial charge in [-0.05, 0) is 61.7 Å². The molecule has 0 radical (unpaired) electrons. The minimum Gasteiger partial charge on any atom is -0.508 e. The molecule has 0 aliphatic carbocycles. The number of ether oxygens (including phenoxy) is 1. The first kappa shape index (κ1) is 10.6. The number of aliphatic hydroxyl groups excluding tert-OH is 2. The van der Waals surface area contributed by atoms with E-state index in [0.29, 0.717) is 12.8 Å². The second-order valence-corrected chi connectivity index (χ2v) is 6.19. The summed E-state index contributed by atoms with van der Waals surface area (Å²) in [6, 6.07) is 6.81. The van der Waals surface area contributed by atoms with Gasteiger partial charge in [0.2, 0.25) is 0 Å². The maximum atomic E-state index is 10.6. The van der Waals surface area contributed by atoms with E-state index >= 15 is 0 Å². The average Bonchev–Trinajstić information content (AvgIpc) is 2.95. The van der Waals surface area contributed by atoms with Crippen molar-refractivity contribution in [2.45, 2.75) is 57.5 Å². The first-order valence-electron chi connectivity index (χ1n) is 17.0. The fourth-order valence-corrected chi connectivity index (χ4v) is 2.38. The standard InChI is InChI=1S/C25H37NO4/c27-20-23-18-22(13-14-24(23)28)25(29)19-26-15-7-1-2-8-16-30-17-9-6-12-21-10-4-3-5-11-21/h3-5,10-11,13-14,18,25-29H,1-2,6-9,12,15-17,19-20H2/i1D2,2D2,7D2,8D2,13D,14D,15D2,16D2,18D. The Bertz CT molecular complexity index is 1310. The fraction of sp³-hybridized carbons (Fsp3) is 0.520. The summed E-state index contributed by atoms with van der Waals surface area (Å²) in [4.78, 5) is 0. The predicted octanol–water partition coefficient (Wildman–Crippen LogP) is 4.11. The molecule has 2 rings (SSSR count). The molecule has 0 fully saturated rings. The fourth-order valence-electron chi connectivity index (χ4n) is 2.38. The van der Waals surface area contributed by atoms with Crippen molar-refractivity contribution in [3.05, 3.63) is 65.1 Å². The Labute approximate surface area is 201 Å². The Hall–Kier alpha value is -1.92. The molecule has 0 heterocycles. The summed E-state index contributed by atoms with van der Waals surface area (Å²) in [5, 5.41) is 31.8. The number of aryl methyl sites for hydroxylation is 1. The lowest BCUT2D eigenvalue weighted by molar-refractivity contribution is 0.126. The zero-order chi connectivity index (χ0) is 34.8. The molecule has 4 N–H and O–H groups in total. The molecule has 1 atom stereocenters. The molecular formula is C25H37NO4. The maximum absolute atomic E-state index is 10.6. The minimum atomic E-state index is -4.10. The Morgan fingerprint density at radius 1 is 1.07 bits per heavy atom. The van der Waals surface area contributed by atoms with E-state index in [9.17, 15) is 15.3 Å². The molecule has 1 unspecified atom stereocenters. The summed E-state index contributed by atoms with van der Waals surface area (Å²) in [6.07, 6.45) is -16.7. The molecule has 5 nitrogen and oxygen atoms in total. The lowest BCUT2D eigenvalue weighted by Crippen LogP contribution is -2.22. The molecule has 5 heteroatoms. The van der Waals surface area contributed by atoms with Crippen LogP contribution in [0, 0.1) is 0 Å². The number of unbranched alkanes of at least 4 members (excludes halogenated alkanes) is 1. The molecule has 0 saturated carbocycles. The van der Waals surface area contributed by atoms with E-state index < -0.39 is 92.8 Å². The van der Waals surface area contributed by atoms with E-state index in [1.54, 1.807) is 0 Å². The van der Waals surface area contributed by atoms with Crippen LogP contribution in [0.4, 0.5) is 0 Å². The molecule has 30 heavy (non-hydrogen) atoms. The van der Waals surface area contributed by atoms with Crippen LogP contribution < -0.4 is 5.32 Å². The van der Waals surface area contributed by atoms with Gasteiger partial charge in [-0.15, -0.1) is 0 Å². The number of phenols is 1. The largest absolute Gasteiger partial charge is 0.508 e. The number of benzene rings is 2. The second-order valence-electron chi connectivity index (χ2n) is 6.19. The van der Waals surface area contributed by atoms with Crippen molar-refractivity contribution in [3.63, 3.8) is 0 Å². The van der Waals surface area contributed by atoms with Gasteiger partial charge in [-0.3, -0.25) is 0 Å². The summed E-state index contributed by atoms with van der Waals surface area (Å²) in [7, 11) is 0. The van der Waals surface area contributed by atoms with Crippen LogP contribution in [0.25, 0.3) is 0 Å². The molecule has 0 aliphatic heterocycles. The highest BCUT2D eigenvalue weighted by Gasteiger charge is 2.09. The zero-order valence-electron chi connectivity index (χ0n) is 31.5. The van der Waals surface area contributed by atoms with Gasteiger partial charge in [-0.25, -0.2) is 0 Å². The number of nitrogens with one attached hydrogen (secondary N) is 1. The first-order valence-corrected chi connectivity index (χ1v) is 9.46. The van der Waals surface area contributed by atoms with Crippen LogP contribution >= 0.6 is 0 Å². The van der Waals surface area contributed by atoms with Crippen molar-refractivity contribution in [2.24, 2.45) is 0 Å². The Morgan fingerprint density at radius 2 is 1.87 bits per heavy atom. The molecular weight excluding hydrogens is 378 g/mol. The maximum Gasteiger partial charge on any atom is 0.121 e. The average molecular weight is 431 g/mol. The first-order chi connectivity index (χ1) is 20.4. The number of aromatic hydroxyl groups is 1. The third-order valence-corrected chi connectivity index (χ3v) is 3.94. The summed E-state index contributed by atoms with van der Waals surface area (Å²) in [6.45, 7) is -9.46. The number of aliphatic hydroxyl groups is 2. The highest BCUT2D eigenvalue weighted by molar-refractivity contribution is 5.36. The van der Waals surface area contributed by atoms with Gasteiger partial charge >= 0.3 is 0 Å². The molecule has 0 aliphatic rings. The van der Waals surface area contributed by atoms with Crippen LogP contribution in [0.2, 0.25) is 0 Å². The van der Waals surface area contributed by atoms with Gasteiger partial charge in [0.25, 0.3) is 0 Å². The van der Waals surface area contributed by atoms with Crippen LogP contribution in [0.3, 0.4) is 0 Å². The monoisotopic (exact) mass is 430 g/mol. The van der Waals surface area contributed by atoms with Gasteiger partial charge in [0.1, 0.15) is 5.75 Å². The molecule has 2 aromatic rings. The third kappa shape index (κ3) is 9.72. The molecule has 0 aromatic heterocycles. The molecule has 0 spiro atoms. The second kappa shape index (κ2) is 15.0. The van der Waals surface area contributed by atoms with Crippen molar-refractivity contribution in [1.29, 1.82) is 0 Å². The quantitative estimate of drug-likeness (QED) is 0.301. The number of hydrogen-bond acceptors (Lipinski definition) is 5. The van der Waals surface area contributed by atoms with Crippen molar-refractivity contribution in [1.82, 2.24) is 5.32 Å². The highest BCUT2D eigenvalue weighted by Crippen LogP contribution is 2.22. The van der Waals surface area contributed by atoms with E-state index in [2.05, 4.69) is 0 Å². The molecule has 0 saturated heterocycles. The van der Waals surface area contributed by atoms with Crippen LogP contribution in [0.5, 0.6) is 5.75 Å². The van der Waals surface area contributed by atoms with Gasteiger partial charge in [-0.1, -0.05) is 49.1 Å². The Kier molecular flexibility index (Phi) is 5.29.